The number of nitrogens with one attached hydrogen (secondary N) is 1. The van der Waals surface area contributed by atoms with Crippen LogP contribution in [0.2, 0.25) is 0 Å². The third-order valence-corrected chi connectivity index (χ3v) is 4.62. The Morgan fingerprint density at radius 3 is 2.50 bits per heavy atom. The molecule has 0 saturated heterocycles. The van der Waals surface area contributed by atoms with E-state index in [1.807, 2.05) is 0 Å². The van der Waals surface area contributed by atoms with Crippen molar-refractivity contribution in [2.24, 2.45) is 5.92 Å². The van der Waals surface area contributed by atoms with Gasteiger partial charge < -0.3 is 10.4 Å². The van der Waals surface area contributed by atoms with Crippen molar-refractivity contribution in [3.8, 4) is 0 Å². The van der Waals surface area contributed by atoms with Gasteiger partial charge in [0.15, 0.2) is 0 Å². The largest absolute Gasteiger partial charge is 0.416 e. The summed E-state index contributed by atoms with van der Waals surface area (Å²) < 4.78 is 39.3. The van der Waals surface area contributed by atoms with Crippen LogP contribution in [0.15, 0.2) is 48.7 Å². The van der Waals surface area contributed by atoms with E-state index in [9.17, 15) is 23.1 Å². The summed E-state index contributed by atoms with van der Waals surface area (Å²) in [4.78, 5) is 16.7. The second kappa shape index (κ2) is 7.45. The van der Waals surface area contributed by atoms with Crippen molar-refractivity contribution in [2.45, 2.75) is 37.6 Å². The minimum Gasteiger partial charge on any atom is -0.393 e. The van der Waals surface area contributed by atoms with Crippen LogP contribution in [0.25, 0.3) is 0 Å². The summed E-state index contributed by atoms with van der Waals surface area (Å²) in [5.41, 5.74) is -0.226. The SMILES string of the molecule is O=C(Cc1ccccc1C(F)(F)F)N[C@@H](c1ccccn1)C1CC(O)C1. The molecule has 1 saturated carbocycles. The number of aliphatic hydroxyl groups is 1. The Morgan fingerprint density at radius 1 is 1.19 bits per heavy atom. The highest BCUT2D eigenvalue weighted by atomic mass is 19.4. The highest BCUT2D eigenvalue weighted by Gasteiger charge is 2.37. The van der Waals surface area contributed by atoms with E-state index in [0.29, 0.717) is 18.5 Å². The summed E-state index contributed by atoms with van der Waals surface area (Å²) in [6.45, 7) is 0. The molecule has 1 aromatic heterocycles. The smallest absolute Gasteiger partial charge is 0.393 e. The molecule has 26 heavy (non-hydrogen) atoms. The third-order valence-electron chi connectivity index (χ3n) is 4.62. The van der Waals surface area contributed by atoms with E-state index in [2.05, 4.69) is 10.3 Å². The third kappa shape index (κ3) is 4.22. The van der Waals surface area contributed by atoms with Crippen molar-refractivity contribution in [2.75, 3.05) is 0 Å². The number of nitrogens with zero attached hydrogens (tertiary/aromatic N) is 1. The van der Waals surface area contributed by atoms with E-state index in [1.54, 1.807) is 24.4 Å². The van der Waals surface area contributed by atoms with Gasteiger partial charge in [0.2, 0.25) is 5.91 Å². The zero-order valence-corrected chi connectivity index (χ0v) is 13.9. The van der Waals surface area contributed by atoms with Crippen LogP contribution in [-0.4, -0.2) is 22.1 Å². The highest BCUT2D eigenvalue weighted by Crippen LogP contribution is 2.37. The zero-order valence-electron chi connectivity index (χ0n) is 13.9. The van der Waals surface area contributed by atoms with Gasteiger partial charge >= 0.3 is 6.18 Å². The minimum absolute atomic E-state index is 0.0155. The molecule has 4 nitrogen and oxygen atoms in total. The fourth-order valence-electron chi connectivity index (χ4n) is 3.24. The summed E-state index contributed by atoms with van der Waals surface area (Å²) >= 11 is 0. The average molecular weight is 364 g/mol. The molecule has 1 amide bonds. The van der Waals surface area contributed by atoms with Crippen molar-refractivity contribution in [1.29, 1.82) is 0 Å². The second-order valence-electron chi connectivity index (χ2n) is 6.52. The van der Waals surface area contributed by atoms with Gasteiger partial charge in [-0.1, -0.05) is 24.3 Å². The molecule has 1 aromatic carbocycles. The molecular weight excluding hydrogens is 345 g/mol. The maximum Gasteiger partial charge on any atom is 0.416 e. The number of aliphatic hydroxyl groups excluding tert-OH is 1. The number of benzene rings is 1. The van der Waals surface area contributed by atoms with Crippen LogP contribution < -0.4 is 5.32 Å². The molecule has 0 aliphatic heterocycles. The molecule has 0 spiro atoms. The number of halogens is 3. The number of hydrogen-bond donors (Lipinski definition) is 2. The van der Waals surface area contributed by atoms with Crippen LogP contribution in [0.3, 0.4) is 0 Å². The summed E-state index contributed by atoms with van der Waals surface area (Å²) in [5, 5.41) is 12.4. The molecule has 1 aliphatic carbocycles. The summed E-state index contributed by atoms with van der Waals surface area (Å²) in [7, 11) is 0. The second-order valence-corrected chi connectivity index (χ2v) is 6.52. The van der Waals surface area contributed by atoms with Crippen LogP contribution in [-0.2, 0) is 17.4 Å². The molecular formula is C19H19F3N2O2. The van der Waals surface area contributed by atoms with E-state index in [1.165, 1.54) is 18.2 Å². The maximum absolute atomic E-state index is 13.1. The van der Waals surface area contributed by atoms with Crippen LogP contribution >= 0.6 is 0 Å². The van der Waals surface area contributed by atoms with Crippen LogP contribution in [0, 0.1) is 5.92 Å². The molecule has 1 heterocycles. The number of hydrogen-bond acceptors (Lipinski definition) is 3. The highest BCUT2D eigenvalue weighted by molar-refractivity contribution is 5.79. The van der Waals surface area contributed by atoms with Crippen LogP contribution in [0.1, 0.15) is 35.7 Å². The van der Waals surface area contributed by atoms with Gasteiger partial charge in [-0.15, -0.1) is 0 Å². The number of carbonyl (C=O) groups is 1. The van der Waals surface area contributed by atoms with E-state index in [0.717, 1.165) is 6.07 Å². The molecule has 1 aliphatic rings. The van der Waals surface area contributed by atoms with Gasteiger partial charge in [0.1, 0.15) is 0 Å². The number of alkyl halides is 3. The van der Waals surface area contributed by atoms with Crippen molar-refractivity contribution in [1.82, 2.24) is 10.3 Å². The first-order valence-electron chi connectivity index (χ1n) is 8.38. The van der Waals surface area contributed by atoms with Gasteiger partial charge in [-0.3, -0.25) is 9.78 Å². The fourth-order valence-corrected chi connectivity index (χ4v) is 3.24. The Balaban J connectivity index is 1.75. The predicted octanol–water partition coefficient (Wildman–Crippen LogP) is 3.27. The van der Waals surface area contributed by atoms with Crippen molar-refractivity contribution in [3.63, 3.8) is 0 Å². The Labute approximate surface area is 149 Å². The lowest BCUT2D eigenvalue weighted by atomic mass is 9.76. The van der Waals surface area contributed by atoms with Crippen molar-refractivity contribution < 1.29 is 23.1 Å². The van der Waals surface area contributed by atoms with Crippen LogP contribution in [0.5, 0.6) is 0 Å². The Morgan fingerprint density at radius 2 is 1.88 bits per heavy atom. The zero-order chi connectivity index (χ0) is 18.7. The van der Waals surface area contributed by atoms with Gasteiger partial charge in [-0.05, 0) is 42.5 Å². The monoisotopic (exact) mass is 364 g/mol. The molecule has 2 N–H and O–H groups in total. The van der Waals surface area contributed by atoms with Crippen molar-refractivity contribution >= 4 is 5.91 Å². The van der Waals surface area contributed by atoms with Gasteiger partial charge in [0.25, 0.3) is 0 Å². The average Bonchev–Trinajstić information content (AvgIpc) is 2.57. The molecule has 7 heteroatoms. The number of carbonyl (C=O) groups excluding carboxylic acids is 1. The summed E-state index contributed by atoms with van der Waals surface area (Å²) in [6.07, 6.45) is -2.62. The van der Waals surface area contributed by atoms with Crippen LogP contribution in [0.4, 0.5) is 13.2 Å². The van der Waals surface area contributed by atoms with E-state index < -0.39 is 29.8 Å². The lowest BCUT2D eigenvalue weighted by Gasteiger charge is -2.37. The molecule has 3 rings (SSSR count). The standard InChI is InChI=1S/C19H19F3N2O2/c20-19(21,22)15-6-2-1-5-12(15)11-17(26)24-18(13-9-14(25)10-13)16-7-3-4-8-23-16/h1-8,13-14,18,25H,9-11H2,(H,24,26)/t13?,14?,18-/m1/s1. The number of pyridine rings is 1. The van der Waals surface area contributed by atoms with Crippen molar-refractivity contribution in [3.05, 3.63) is 65.5 Å². The lowest BCUT2D eigenvalue weighted by Crippen LogP contribution is -2.42. The molecule has 138 valence electrons. The molecule has 0 unspecified atom stereocenters. The minimum atomic E-state index is -4.50. The quantitative estimate of drug-likeness (QED) is 0.856. The lowest BCUT2D eigenvalue weighted by molar-refractivity contribution is -0.138. The number of rotatable bonds is 5. The molecule has 0 radical (unpaired) electrons. The van der Waals surface area contributed by atoms with E-state index >= 15 is 0 Å². The first kappa shape index (κ1) is 18.4. The number of aromatic nitrogens is 1. The van der Waals surface area contributed by atoms with Gasteiger partial charge in [-0.25, -0.2) is 0 Å². The first-order valence-corrected chi connectivity index (χ1v) is 8.38. The molecule has 0 bridgehead atoms. The molecule has 1 fully saturated rings. The molecule has 1 atom stereocenters. The van der Waals surface area contributed by atoms with E-state index in [4.69, 9.17) is 0 Å². The summed E-state index contributed by atoms with van der Waals surface area (Å²) in [5.74, 6) is -0.486. The Bertz CT molecular complexity index is 759. The topological polar surface area (TPSA) is 62.2 Å². The Hall–Kier alpha value is -2.41. The van der Waals surface area contributed by atoms with Gasteiger partial charge in [0.05, 0.1) is 29.8 Å². The predicted molar refractivity (Wildman–Crippen MR) is 89.0 cm³/mol. The van der Waals surface area contributed by atoms with Gasteiger partial charge in [-0.2, -0.15) is 13.2 Å². The summed E-state index contributed by atoms with van der Waals surface area (Å²) in [6, 6.07) is 9.94. The fraction of sp³-hybridized carbons (Fsp3) is 0.368. The van der Waals surface area contributed by atoms with E-state index in [-0.39, 0.29) is 17.9 Å². The normalized spacial score (nSPS) is 20.9. The molecule has 2 aromatic rings. The first-order chi connectivity index (χ1) is 12.3. The Kier molecular flexibility index (Phi) is 5.27. The van der Waals surface area contributed by atoms with Gasteiger partial charge in [0, 0.05) is 6.20 Å². The number of amides is 1. The maximum atomic E-state index is 13.1.